The predicted molar refractivity (Wildman–Crippen MR) is 79.8 cm³/mol. The minimum Gasteiger partial charge on any atom is -0.391 e. The Bertz CT molecular complexity index is 474. The second-order valence-electron chi connectivity index (χ2n) is 5.85. The molecule has 0 aliphatic carbocycles. The van der Waals surface area contributed by atoms with Crippen LogP contribution in [0, 0.1) is 0 Å². The van der Waals surface area contributed by atoms with Crippen LogP contribution in [-0.4, -0.2) is 70.6 Å². The Balaban J connectivity index is 1.91. The van der Waals surface area contributed by atoms with Crippen molar-refractivity contribution in [2.45, 2.75) is 25.0 Å². The van der Waals surface area contributed by atoms with Crippen LogP contribution in [0.1, 0.15) is 24.4 Å². The molecule has 1 aliphatic rings. The van der Waals surface area contributed by atoms with Crippen molar-refractivity contribution in [3.05, 3.63) is 18.0 Å². The zero-order valence-corrected chi connectivity index (χ0v) is 13.0. The number of rotatable bonds is 4. The van der Waals surface area contributed by atoms with Gasteiger partial charge in [0.2, 0.25) is 0 Å². The number of likely N-dealkylation sites (N-methyl/N-ethyl adjacent to an activating group) is 1. The number of amides is 2. The van der Waals surface area contributed by atoms with Gasteiger partial charge in [-0.15, -0.1) is 0 Å². The molecule has 1 aliphatic heterocycles. The molecule has 118 valence electrons. The minimum absolute atomic E-state index is 0.0809. The van der Waals surface area contributed by atoms with Gasteiger partial charge in [-0.25, -0.2) is 4.79 Å². The number of aryl methyl sites for hydroxylation is 1. The Kier molecular flexibility index (Phi) is 5.19. The highest BCUT2D eigenvalue weighted by atomic mass is 16.3. The van der Waals surface area contributed by atoms with E-state index in [1.54, 1.807) is 9.58 Å². The van der Waals surface area contributed by atoms with Gasteiger partial charge in [0, 0.05) is 38.4 Å². The number of aliphatic hydroxyl groups is 1. The molecule has 2 N–H and O–H groups in total. The zero-order valence-electron chi connectivity index (χ0n) is 13.0. The summed E-state index contributed by atoms with van der Waals surface area (Å²) in [5.41, 5.74) is 1.07. The van der Waals surface area contributed by atoms with E-state index >= 15 is 0 Å². The number of nitrogens with zero attached hydrogens (tertiary/aromatic N) is 4. The number of hydrogen-bond donors (Lipinski definition) is 2. The van der Waals surface area contributed by atoms with E-state index < -0.39 is 6.10 Å². The van der Waals surface area contributed by atoms with Crippen molar-refractivity contribution in [1.82, 2.24) is 24.9 Å². The van der Waals surface area contributed by atoms with Crippen molar-refractivity contribution < 1.29 is 9.90 Å². The van der Waals surface area contributed by atoms with Gasteiger partial charge in [-0.05, 0) is 26.9 Å². The lowest BCUT2D eigenvalue weighted by atomic mass is 10.1. The average Bonchev–Trinajstić information content (AvgIpc) is 2.85. The first-order chi connectivity index (χ1) is 9.97. The van der Waals surface area contributed by atoms with Crippen LogP contribution < -0.4 is 5.32 Å². The summed E-state index contributed by atoms with van der Waals surface area (Å²) in [7, 11) is 5.84. The van der Waals surface area contributed by atoms with Crippen molar-refractivity contribution in [1.29, 1.82) is 0 Å². The lowest BCUT2D eigenvalue weighted by Crippen LogP contribution is -2.48. The van der Waals surface area contributed by atoms with E-state index in [-0.39, 0.29) is 12.1 Å². The molecule has 0 saturated carbocycles. The summed E-state index contributed by atoms with van der Waals surface area (Å²) in [6.45, 7) is 1.65. The van der Waals surface area contributed by atoms with Crippen molar-refractivity contribution in [3.8, 4) is 0 Å². The maximum atomic E-state index is 12.2. The summed E-state index contributed by atoms with van der Waals surface area (Å²) in [5.74, 6) is 0. The molecule has 1 fully saturated rings. The Hall–Kier alpha value is -1.60. The standard InChI is InChI=1S/C14H25N5O2/c1-17(2)13(11-7-16-18(3)9-11)8-15-14(21)19-6-4-5-12(20)10-19/h7,9,12-13,20H,4-6,8,10H2,1-3H3,(H,15,21). The van der Waals surface area contributed by atoms with Gasteiger partial charge in [-0.3, -0.25) is 4.68 Å². The molecule has 2 atom stereocenters. The Labute approximate surface area is 125 Å². The van der Waals surface area contributed by atoms with Gasteiger partial charge in [0.25, 0.3) is 0 Å². The molecule has 1 aromatic heterocycles. The molecule has 21 heavy (non-hydrogen) atoms. The number of β-amino-alcohol motifs (C(OH)–C–C–N with tert-alkyl or cyclic N) is 1. The first-order valence-corrected chi connectivity index (χ1v) is 7.33. The second kappa shape index (κ2) is 6.91. The summed E-state index contributed by atoms with van der Waals surface area (Å²) >= 11 is 0. The molecule has 0 bridgehead atoms. The summed E-state index contributed by atoms with van der Waals surface area (Å²) in [6.07, 6.45) is 5.02. The van der Waals surface area contributed by atoms with Crippen LogP contribution in [0.3, 0.4) is 0 Å². The zero-order chi connectivity index (χ0) is 15.4. The normalized spacial score (nSPS) is 20.6. The van der Waals surface area contributed by atoms with Gasteiger partial charge in [0.05, 0.1) is 18.3 Å². The fraction of sp³-hybridized carbons (Fsp3) is 0.714. The molecule has 0 aromatic carbocycles. The van der Waals surface area contributed by atoms with Crippen LogP contribution in [0.2, 0.25) is 0 Å². The fourth-order valence-electron chi connectivity index (χ4n) is 2.65. The smallest absolute Gasteiger partial charge is 0.317 e. The van der Waals surface area contributed by atoms with Crippen molar-refractivity contribution in [2.75, 3.05) is 33.7 Å². The maximum Gasteiger partial charge on any atom is 0.317 e. The third-order valence-corrected chi connectivity index (χ3v) is 3.86. The highest BCUT2D eigenvalue weighted by Crippen LogP contribution is 2.16. The van der Waals surface area contributed by atoms with E-state index in [0.717, 1.165) is 18.4 Å². The largest absolute Gasteiger partial charge is 0.391 e. The first kappa shape index (κ1) is 15.8. The Morgan fingerprint density at radius 3 is 2.95 bits per heavy atom. The average molecular weight is 295 g/mol. The van der Waals surface area contributed by atoms with Crippen LogP contribution in [0.4, 0.5) is 4.79 Å². The lowest BCUT2D eigenvalue weighted by molar-refractivity contribution is 0.0836. The first-order valence-electron chi connectivity index (χ1n) is 7.33. The molecular formula is C14H25N5O2. The number of aromatic nitrogens is 2. The lowest BCUT2D eigenvalue weighted by Gasteiger charge is -2.31. The van der Waals surface area contributed by atoms with Gasteiger partial charge < -0.3 is 20.2 Å². The summed E-state index contributed by atoms with van der Waals surface area (Å²) in [5, 5.41) is 16.8. The summed E-state index contributed by atoms with van der Waals surface area (Å²) in [6, 6.07) is -0.0261. The molecule has 7 nitrogen and oxygen atoms in total. The number of carbonyl (C=O) groups excluding carboxylic acids is 1. The molecule has 1 saturated heterocycles. The Morgan fingerprint density at radius 1 is 1.62 bits per heavy atom. The highest BCUT2D eigenvalue weighted by Gasteiger charge is 2.23. The number of hydrogen-bond acceptors (Lipinski definition) is 4. The number of urea groups is 1. The van der Waals surface area contributed by atoms with E-state index in [0.29, 0.717) is 19.6 Å². The second-order valence-corrected chi connectivity index (χ2v) is 5.85. The topological polar surface area (TPSA) is 73.6 Å². The van der Waals surface area contributed by atoms with Gasteiger partial charge >= 0.3 is 6.03 Å². The monoisotopic (exact) mass is 295 g/mol. The Morgan fingerprint density at radius 2 is 2.38 bits per heavy atom. The van der Waals surface area contributed by atoms with Crippen molar-refractivity contribution >= 4 is 6.03 Å². The van der Waals surface area contributed by atoms with Crippen LogP contribution in [-0.2, 0) is 7.05 Å². The highest BCUT2D eigenvalue weighted by molar-refractivity contribution is 5.74. The third-order valence-electron chi connectivity index (χ3n) is 3.86. The molecular weight excluding hydrogens is 270 g/mol. The number of likely N-dealkylation sites (tertiary alicyclic amines) is 1. The molecule has 2 unspecified atom stereocenters. The van der Waals surface area contributed by atoms with Crippen LogP contribution in [0.5, 0.6) is 0 Å². The van der Waals surface area contributed by atoms with E-state index in [1.807, 2.05) is 33.5 Å². The third kappa shape index (κ3) is 4.18. The maximum absolute atomic E-state index is 12.2. The number of nitrogens with one attached hydrogen (secondary N) is 1. The van der Waals surface area contributed by atoms with Crippen LogP contribution in [0.25, 0.3) is 0 Å². The van der Waals surface area contributed by atoms with Gasteiger partial charge in [0.15, 0.2) is 0 Å². The molecule has 0 radical (unpaired) electrons. The summed E-state index contributed by atoms with van der Waals surface area (Å²) < 4.78 is 1.76. The molecule has 2 rings (SSSR count). The SMILES string of the molecule is CN(C)C(CNC(=O)N1CCCC(O)C1)c1cnn(C)c1. The number of piperidine rings is 1. The predicted octanol–water partition coefficient (Wildman–Crippen LogP) is 0.189. The van der Waals surface area contributed by atoms with E-state index in [9.17, 15) is 9.90 Å². The summed E-state index contributed by atoms with van der Waals surface area (Å²) in [4.78, 5) is 15.9. The van der Waals surface area contributed by atoms with Crippen LogP contribution >= 0.6 is 0 Å². The van der Waals surface area contributed by atoms with Gasteiger partial charge in [-0.2, -0.15) is 5.10 Å². The minimum atomic E-state index is -0.396. The molecule has 2 heterocycles. The van der Waals surface area contributed by atoms with Gasteiger partial charge in [-0.1, -0.05) is 0 Å². The fourth-order valence-corrected chi connectivity index (χ4v) is 2.65. The van der Waals surface area contributed by atoms with Crippen molar-refractivity contribution in [2.24, 2.45) is 7.05 Å². The van der Waals surface area contributed by atoms with E-state index in [4.69, 9.17) is 0 Å². The quantitative estimate of drug-likeness (QED) is 0.831. The number of aliphatic hydroxyl groups excluding tert-OH is 1. The molecule has 2 amide bonds. The molecule has 1 aromatic rings. The van der Waals surface area contributed by atoms with Crippen molar-refractivity contribution in [3.63, 3.8) is 0 Å². The van der Waals surface area contributed by atoms with Gasteiger partial charge in [0.1, 0.15) is 0 Å². The number of carbonyl (C=O) groups is 1. The molecule has 7 heteroatoms. The molecule has 0 spiro atoms. The van der Waals surface area contributed by atoms with Crippen LogP contribution in [0.15, 0.2) is 12.4 Å². The van der Waals surface area contributed by atoms with E-state index in [1.165, 1.54) is 0 Å². The van der Waals surface area contributed by atoms with E-state index in [2.05, 4.69) is 15.3 Å².